The summed E-state index contributed by atoms with van der Waals surface area (Å²) in [6.07, 6.45) is 1.42. The molecule has 0 bridgehead atoms. The molecular formula is C19H17ClN2O5S. The summed E-state index contributed by atoms with van der Waals surface area (Å²) in [5, 5.41) is 6.41. The second kappa shape index (κ2) is 8.37. The molecule has 2 heterocycles. The monoisotopic (exact) mass is 420 g/mol. The van der Waals surface area contributed by atoms with Gasteiger partial charge in [-0.3, -0.25) is 9.59 Å². The van der Waals surface area contributed by atoms with Crippen molar-refractivity contribution in [2.45, 2.75) is 6.92 Å². The van der Waals surface area contributed by atoms with E-state index >= 15 is 0 Å². The minimum absolute atomic E-state index is 0.190. The zero-order chi connectivity index (χ0) is 20.3. The van der Waals surface area contributed by atoms with Crippen molar-refractivity contribution in [3.8, 4) is 11.5 Å². The van der Waals surface area contributed by atoms with Crippen molar-refractivity contribution in [2.75, 3.05) is 24.9 Å². The number of halogens is 1. The summed E-state index contributed by atoms with van der Waals surface area (Å²) >= 11 is 7.24. The Morgan fingerprint density at radius 3 is 2.46 bits per heavy atom. The number of anilines is 2. The van der Waals surface area contributed by atoms with Crippen LogP contribution in [0.1, 0.15) is 25.8 Å². The van der Waals surface area contributed by atoms with Gasteiger partial charge in [-0.15, -0.1) is 11.3 Å². The number of aryl methyl sites for hydroxylation is 1. The molecule has 0 aliphatic rings. The molecule has 28 heavy (non-hydrogen) atoms. The lowest BCUT2D eigenvalue weighted by Gasteiger charge is -2.13. The van der Waals surface area contributed by atoms with E-state index in [0.29, 0.717) is 32.1 Å². The molecular weight excluding hydrogens is 404 g/mol. The predicted octanol–water partition coefficient (Wildman–Crippen LogP) is 4.82. The third kappa shape index (κ3) is 4.13. The van der Waals surface area contributed by atoms with Gasteiger partial charge in [0.2, 0.25) is 0 Å². The summed E-state index contributed by atoms with van der Waals surface area (Å²) < 4.78 is 15.5. The van der Waals surface area contributed by atoms with Crippen LogP contribution in [0.5, 0.6) is 11.5 Å². The fraction of sp³-hybridized carbons (Fsp3) is 0.158. The standard InChI is InChI=1S/C19H17ClN2O5S/c1-10-7-16(22-18(23)13-5-4-6-27-13)28-17(10)19(24)21-12-9-14(25-2)11(20)8-15(12)26-3/h4-9H,1-3H3,(H,21,24)(H,22,23). The molecule has 9 heteroatoms. The number of hydrogen-bond acceptors (Lipinski definition) is 6. The summed E-state index contributed by atoms with van der Waals surface area (Å²) in [6, 6.07) is 8.05. The third-order valence-corrected chi connectivity index (χ3v) is 5.27. The van der Waals surface area contributed by atoms with Crippen LogP contribution in [0.2, 0.25) is 5.02 Å². The van der Waals surface area contributed by atoms with Crippen LogP contribution in [0, 0.1) is 6.92 Å². The SMILES string of the molecule is COc1cc(NC(=O)c2sc(NC(=O)c3ccco3)cc2C)c(OC)cc1Cl. The summed E-state index contributed by atoms with van der Waals surface area (Å²) in [5.74, 6) is 0.271. The van der Waals surface area contributed by atoms with E-state index in [1.165, 1.54) is 20.5 Å². The van der Waals surface area contributed by atoms with Crippen molar-refractivity contribution in [3.05, 3.63) is 57.8 Å². The molecule has 0 saturated heterocycles. The van der Waals surface area contributed by atoms with E-state index in [-0.39, 0.29) is 17.6 Å². The first-order valence-corrected chi connectivity index (χ1v) is 9.30. The molecule has 0 atom stereocenters. The highest BCUT2D eigenvalue weighted by Crippen LogP contribution is 2.37. The van der Waals surface area contributed by atoms with Crippen molar-refractivity contribution in [1.82, 2.24) is 0 Å². The summed E-state index contributed by atoms with van der Waals surface area (Å²) in [7, 11) is 2.96. The first-order valence-electron chi connectivity index (χ1n) is 8.11. The number of ether oxygens (including phenoxy) is 2. The Morgan fingerprint density at radius 1 is 1.07 bits per heavy atom. The van der Waals surface area contributed by atoms with Gasteiger partial charge >= 0.3 is 0 Å². The third-order valence-electron chi connectivity index (χ3n) is 3.83. The van der Waals surface area contributed by atoms with E-state index in [0.717, 1.165) is 16.9 Å². The molecule has 7 nitrogen and oxygen atoms in total. The number of methoxy groups -OCH3 is 2. The molecule has 0 aliphatic carbocycles. The molecule has 3 aromatic rings. The van der Waals surface area contributed by atoms with E-state index < -0.39 is 0 Å². The first-order chi connectivity index (χ1) is 13.4. The molecule has 2 amide bonds. The van der Waals surface area contributed by atoms with Crippen molar-refractivity contribution in [2.24, 2.45) is 0 Å². The van der Waals surface area contributed by atoms with Gasteiger partial charge in [0.25, 0.3) is 11.8 Å². The second-order valence-electron chi connectivity index (χ2n) is 5.70. The predicted molar refractivity (Wildman–Crippen MR) is 108 cm³/mol. The maximum absolute atomic E-state index is 12.8. The highest BCUT2D eigenvalue weighted by molar-refractivity contribution is 7.18. The van der Waals surface area contributed by atoms with Crippen molar-refractivity contribution >= 4 is 45.4 Å². The Hall–Kier alpha value is -2.97. The van der Waals surface area contributed by atoms with Crippen LogP contribution in [-0.2, 0) is 0 Å². The summed E-state index contributed by atoms with van der Waals surface area (Å²) in [5.41, 5.74) is 1.14. The minimum Gasteiger partial charge on any atom is -0.495 e. The number of nitrogens with one attached hydrogen (secondary N) is 2. The van der Waals surface area contributed by atoms with Crippen LogP contribution in [-0.4, -0.2) is 26.0 Å². The van der Waals surface area contributed by atoms with E-state index in [9.17, 15) is 9.59 Å². The van der Waals surface area contributed by atoms with Crippen LogP contribution in [0.3, 0.4) is 0 Å². The molecule has 1 aromatic carbocycles. The van der Waals surface area contributed by atoms with E-state index in [4.69, 9.17) is 25.5 Å². The molecule has 0 saturated carbocycles. The van der Waals surface area contributed by atoms with E-state index in [1.807, 2.05) is 0 Å². The average Bonchev–Trinajstić information content (AvgIpc) is 3.32. The number of carbonyl (C=O) groups excluding carboxylic acids is 2. The van der Waals surface area contributed by atoms with Crippen LogP contribution < -0.4 is 20.1 Å². The number of carbonyl (C=O) groups is 2. The Balaban J connectivity index is 1.80. The molecule has 0 spiro atoms. The van der Waals surface area contributed by atoms with Gasteiger partial charge in [-0.25, -0.2) is 0 Å². The van der Waals surface area contributed by atoms with E-state index in [1.54, 1.807) is 37.3 Å². The Labute approximate surface area is 170 Å². The Morgan fingerprint density at radius 2 is 1.82 bits per heavy atom. The molecule has 3 rings (SSSR count). The van der Waals surface area contributed by atoms with E-state index in [2.05, 4.69) is 10.6 Å². The number of furan rings is 1. The minimum atomic E-state index is -0.387. The number of amides is 2. The molecule has 0 unspecified atom stereocenters. The zero-order valence-electron chi connectivity index (χ0n) is 15.3. The van der Waals surface area contributed by atoms with Gasteiger partial charge in [0.05, 0.1) is 41.1 Å². The number of rotatable bonds is 6. The molecule has 0 radical (unpaired) electrons. The quantitative estimate of drug-likeness (QED) is 0.596. The summed E-state index contributed by atoms with van der Waals surface area (Å²) in [6.45, 7) is 1.79. The first kappa shape index (κ1) is 19.8. The fourth-order valence-electron chi connectivity index (χ4n) is 2.49. The lowest BCUT2D eigenvalue weighted by molar-refractivity contribution is 0.0995. The lowest BCUT2D eigenvalue weighted by atomic mass is 10.2. The van der Waals surface area contributed by atoms with Crippen LogP contribution >= 0.6 is 22.9 Å². The molecule has 2 N–H and O–H groups in total. The number of benzene rings is 1. The highest BCUT2D eigenvalue weighted by atomic mass is 35.5. The van der Waals surface area contributed by atoms with Crippen LogP contribution in [0.4, 0.5) is 10.7 Å². The normalized spacial score (nSPS) is 10.4. The van der Waals surface area contributed by atoms with Crippen LogP contribution in [0.25, 0.3) is 0 Å². The summed E-state index contributed by atoms with van der Waals surface area (Å²) in [4.78, 5) is 25.3. The van der Waals surface area contributed by atoms with Gasteiger partial charge in [0.1, 0.15) is 11.5 Å². The molecule has 146 valence electrons. The van der Waals surface area contributed by atoms with Gasteiger partial charge < -0.3 is 24.5 Å². The second-order valence-corrected chi connectivity index (χ2v) is 7.15. The molecule has 2 aromatic heterocycles. The number of hydrogen-bond donors (Lipinski definition) is 2. The zero-order valence-corrected chi connectivity index (χ0v) is 16.9. The highest BCUT2D eigenvalue weighted by Gasteiger charge is 2.19. The van der Waals surface area contributed by atoms with Gasteiger partial charge in [-0.05, 0) is 30.7 Å². The van der Waals surface area contributed by atoms with Gasteiger partial charge in [-0.2, -0.15) is 0 Å². The van der Waals surface area contributed by atoms with Crippen molar-refractivity contribution < 1.29 is 23.5 Å². The lowest BCUT2D eigenvalue weighted by Crippen LogP contribution is -2.12. The van der Waals surface area contributed by atoms with Crippen LogP contribution in [0.15, 0.2) is 41.0 Å². The van der Waals surface area contributed by atoms with Gasteiger partial charge in [0.15, 0.2) is 5.76 Å². The topological polar surface area (TPSA) is 89.8 Å². The largest absolute Gasteiger partial charge is 0.495 e. The smallest absolute Gasteiger partial charge is 0.291 e. The average molecular weight is 421 g/mol. The molecule has 0 aliphatic heterocycles. The fourth-order valence-corrected chi connectivity index (χ4v) is 3.68. The van der Waals surface area contributed by atoms with Gasteiger partial charge in [-0.1, -0.05) is 11.6 Å². The Kier molecular flexibility index (Phi) is 5.91. The number of thiophene rings is 1. The molecule has 0 fully saturated rings. The maximum Gasteiger partial charge on any atom is 0.291 e. The van der Waals surface area contributed by atoms with Gasteiger partial charge in [0, 0.05) is 12.1 Å². The van der Waals surface area contributed by atoms with Crippen molar-refractivity contribution in [1.29, 1.82) is 0 Å². The maximum atomic E-state index is 12.8. The van der Waals surface area contributed by atoms with Crippen molar-refractivity contribution in [3.63, 3.8) is 0 Å². The Bertz CT molecular complexity index is 1010.